The van der Waals surface area contributed by atoms with Crippen LogP contribution >= 0.6 is 0 Å². The number of nitrogens with zero attached hydrogens (tertiary/aromatic N) is 2. The molecular weight excluding hydrogens is 232 g/mol. The monoisotopic (exact) mass is 246 g/mol. The van der Waals surface area contributed by atoms with E-state index in [1.165, 1.54) is 0 Å². The third kappa shape index (κ3) is 2.68. The van der Waals surface area contributed by atoms with Crippen molar-refractivity contribution in [2.45, 2.75) is 12.8 Å². The Morgan fingerprint density at radius 3 is 2.89 bits per heavy atom. The average Bonchev–Trinajstić information content (AvgIpc) is 2.68. The van der Waals surface area contributed by atoms with E-state index in [0.717, 1.165) is 16.8 Å². The maximum Gasteiger partial charge on any atom is 0.303 e. The van der Waals surface area contributed by atoms with Crippen LogP contribution in [-0.4, -0.2) is 26.0 Å². The molecule has 5 heteroatoms. The lowest BCUT2D eigenvalue weighted by Gasteiger charge is -2.02. The number of carboxylic acids is 1. The van der Waals surface area contributed by atoms with Gasteiger partial charge in [-0.2, -0.15) is 5.10 Å². The third-order valence-electron chi connectivity index (χ3n) is 2.64. The molecule has 0 aliphatic carbocycles. The van der Waals surface area contributed by atoms with Gasteiger partial charge in [-0.15, -0.1) is 0 Å². The lowest BCUT2D eigenvalue weighted by molar-refractivity contribution is -0.136. The molecule has 0 saturated carbocycles. The number of aliphatic carboxylic acids is 1. The van der Waals surface area contributed by atoms with Gasteiger partial charge in [-0.25, -0.2) is 0 Å². The van der Waals surface area contributed by atoms with Gasteiger partial charge in [0.2, 0.25) is 0 Å². The number of rotatable bonds is 4. The Labute approximate surface area is 104 Å². The number of aryl methyl sites for hydroxylation is 2. The highest BCUT2D eigenvalue weighted by Crippen LogP contribution is 2.26. The minimum atomic E-state index is -0.845. The first-order chi connectivity index (χ1) is 8.56. The predicted molar refractivity (Wildman–Crippen MR) is 66.3 cm³/mol. The Morgan fingerprint density at radius 1 is 1.44 bits per heavy atom. The van der Waals surface area contributed by atoms with Crippen LogP contribution in [0.3, 0.4) is 0 Å². The molecule has 0 aliphatic rings. The van der Waals surface area contributed by atoms with E-state index in [1.54, 1.807) is 29.9 Å². The zero-order chi connectivity index (χ0) is 13.1. The maximum atomic E-state index is 10.6. The Balaban J connectivity index is 2.35. The summed E-state index contributed by atoms with van der Waals surface area (Å²) in [5, 5.41) is 22.4. The number of carboxylic acid groups (broad SMARTS) is 1. The molecule has 0 spiro atoms. The van der Waals surface area contributed by atoms with E-state index in [4.69, 9.17) is 5.11 Å². The Bertz CT molecular complexity index is 575. The summed E-state index contributed by atoms with van der Waals surface area (Å²) >= 11 is 0. The minimum absolute atomic E-state index is 0.0445. The number of hydrogen-bond acceptors (Lipinski definition) is 3. The van der Waals surface area contributed by atoms with Gasteiger partial charge < -0.3 is 10.2 Å². The van der Waals surface area contributed by atoms with Gasteiger partial charge in [0.1, 0.15) is 5.75 Å². The maximum absolute atomic E-state index is 10.6. The Morgan fingerprint density at radius 2 is 2.22 bits per heavy atom. The third-order valence-corrected chi connectivity index (χ3v) is 2.64. The van der Waals surface area contributed by atoms with Crippen LogP contribution in [0.15, 0.2) is 30.5 Å². The zero-order valence-electron chi connectivity index (χ0n) is 10.00. The van der Waals surface area contributed by atoms with Gasteiger partial charge in [0.25, 0.3) is 0 Å². The molecule has 0 saturated heterocycles. The molecule has 0 fully saturated rings. The van der Waals surface area contributed by atoms with Gasteiger partial charge in [-0.1, -0.05) is 12.1 Å². The van der Waals surface area contributed by atoms with Crippen molar-refractivity contribution in [2.75, 3.05) is 0 Å². The van der Waals surface area contributed by atoms with Gasteiger partial charge in [-0.3, -0.25) is 9.48 Å². The van der Waals surface area contributed by atoms with Crippen molar-refractivity contribution in [3.05, 3.63) is 36.2 Å². The molecule has 0 atom stereocenters. The first-order valence-electron chi connectivity index (χ1n) is 5.60. The molecule has 2 N–H and O–H groups in total. The van der Waals surface area contributed by atoms with Crippen molar-refractivity contribution in [3.63, 3.8) is 0 Å². The predicted octanol–water partition coefficient (Wildman–Crippen LogP) is 1.81. The minimum Gasteiger partial charge on any atom is -0.508 e. The highest BCUT2D eigenvalue weighted by atomic mass is 16.4. The SMILES string of the molecule is Cn1cc(-c2cccc(O)c2)c(CCC(=O)O)n1. The van der Waals surface area contributed by atoms with Crippen molar-refractivity contribution < 1.29 is 15.0 Å². The fourth-order valence-corrected chi connectivity index (χ4v) is 1.86. The smallest absolute Gasteiger partial charge is 0.303 e. The fraction of sp³-hybridized carbons (Fsp3) is 0.231. The molecule has 0 radical (unpaired) electrons. The lowest BCUT2D eigenvalue weighted by atomic mass is 10.0. The van der Waals surface area contributed by atoms with Crippen LogP contribution in [0.25, 0.3) is 11.1 Å². The number of aromatic nitrogens is 2. The van der Waals surface area contributed by atoms with E-state index >= 15 is 0 Å². The second-order valence-corrected chi connectivity index (χ2v) is 4.11. The van der Waals surface area contributed by atoms with E-state index in [-0.39, 0.29) is 12.2 Å². The van der Waals surface area contributed by atoms with Gasteiger partial charge in [0.15, 0.2) is 0 Å². The summed E-state index contributed by atoms with van der Waals surface area (Å²) in [7, 11) is 1.79. The molecule has 2 aromatic rings. The van der Waals surface area contributed by atoms with Crippen LogP contribution in [0, 0.1) is 0 Å². The highest BCUT2D eigenvalue weighted by Gasteiger charge is 2.11. The zero-order valence-corrected chi connectivity index (χ0v) is 10.00. The lowest BCUT2D eigenvalue weighted by Crippen LogP contribution is -1.99. The second-order valence-electron chi connectivity index (χ2n) is 4.11. The van der Waals surface area contributed by atoms with E-state index in [9.17, 15) is 9.90 Å². The molecule has 0 unspecified atom stereocenters. The number of carbonyl (C=O) groups is 1. The largest absolute Gasteiger partial charge is 0.508 e. The summed E-state index contributed by atoms with van der Waals surface area (Å²) in [6.07, 6.45) is 2.25. The number of phenols is 1. The van der Waals surface area contributed by atoms with Gasteiger partial charge >= 0.3 is 5.97 Å². The summed E-state index contributed by atoms with van der Waals surface area (Å²) in [5.41, 5.74) is 2.42. The topological polar surface area (TPSA) is 75.4 Å². The number of benzene rings is 1. The van der Waals surface area contributed by atoms with Crippen molar-refractivity contribution in [2.24, 2.45) is 7.05 Å². The van der Waals surface area contributed by atoms with Crippen LogP contribution in [-0.2, 0) is 18.3 Å². The van der Waals surface area contributed by atoms with Crippen molar-refractivity contribution in [1.82, 2.24) is 9.78 Å². The Hall–Kier alpha value is -2.30. The highest BCUT2D eigenvalue weighted by molar-refractivity contribution is 5.70. The molecule has 1 heterocycles. The van der Waals surface area contributed by atoms with E-state index in [1.807, 2.05) is 12.3 Å². The standard InChI is InChI=1S/C13H14N2O3/c1-15-8-11(9-3-2-4-10(16)7-9)12(14-15)5-6-13(17)18/h2-4,7-8,16H,5-6H2,1H3,(H,17,18). The summed E-state index contributed by atoms with van der Waals surface area (Å²) in [4.78, 5) is 10.6. The van der Waals surface area contributed by atoms with Crippen LogP contribution in [0.5, 0.6) is 5.75 Å². The van der Waals surface area contributed by atoms with E-state index < -0.39 is 5.97 Å². The van der Waals surface area contributed by atoms with Crippen molar-refractivity contribution in [1.29, 1.82) is 0 Å². The molecular formula is C13H14N2O3. The molecule has 0 bridgehead atoms. The van der Waals surface area contributed by atoms with Crippen molar-refractivity contribution in [3.8, 4) is 16.9 Å². The molecule has 0 aliphatic heterocycles. The summed E-state index contributed by atoms with van der Waals surface area (Å²) in [6.45, 7) is 0. The van der Waals surface area contributed by atoms with Crippen LogP contribution < -0.4 is 0 Å². The number of aromatic hydroxyl groups is 1. The van der Waals surface area contributed by atoms with Gasteiger partial charge in [0, 0.05) is 25.2 Å². The normalized spacial score (nSPS) is 10.5. The molecule has 5 nitrogen and oxygen atoms in total. The van der Waals surface area contributed by atoms with Gasteiger partial charge in [0.05, 0.1) is 12.1 Å². The fourth-order valence-electron chi connectivity index (χ4n) is 1.86. The quantitative estimate of drug-likeness (QED) is 0.862. The van der Waals surface area contributed by atoms with E-state index in [2.05, 4.69) is 5.10 Å². The van der Waals surface area contributed by atoms with Gasteiger partial charge in [-0.05, 0) is 17.7 Å². The van der Waals surface area contributed by atoms with Crippen LogP contribution in [0.2, 0.25) is 0 Å². The average molecular weight is 246 g/mol. The molecule has 2 rings (SSSR count). The first kappa shape index (κ1) is 12.2. The van der Waals surface area contributed by atoms with E-state index in [0.29, 0.717) is 6.42 Å². The summed E-state index contributed by atoms with van der Waals surface area (Å²) in [5.74, 6) is -0.664. The second kappa shape index (κ2) is 4.91. The number of phenolic OH excluding ortho intramolecular Hbond substituents is 1. The summed E-state index contributed by atoms with van der Waals surface area (Å²) < 4.78 is 1.65. The molecule has 0 amide bonds. The molecule has 1 aromatic heterocycles. The van der Waals surface area contributed by atoms with Crippen molar-refractivity contribution >= 4 is 5.97 Å². The Kier molecular flexibility index (Phi) is 3.32. The number of hydrogen-bond donors (Lipinski definition) is 2. The van der Waals surface area contributed by atoms with Crippen LogP contribution in [0.4, 0.5) is 0 Å². The van der Waals surface area contributed by atoms with Crippen LogP contribution in [0.1, 0.15) is 12.1 Å². The first-order valence-corrected chi connectivity index (χ1v) is 5.60. The molecule has 1 aromatic carbocycles. The summed E-state index contributed by atoms with van der Waals surface area (Å²) in [6, 6.07) is 6.84. The molecule has 94 valence electrons. The molecule has 18 heavy (non-hydrogen) atoms.